The molecule has 0 aromatic heterocycles. The van der Waals surface area contributed by atoms with Gasteiger partial charge in [0, 0.05) is 13.0 Å². The van der Waals surface area contributed by atoms with E-state index in [2.05, 4.69) is 45.9 Å². The maximum absolute atomic E-state index is 14.1. The predicted octanol–water partition coefficient (Wildman–Crippen LogP) is 12.5. The molecule has 1 aliphatic heterocycles. The standard InChI is InChI=1S/C56H75NO6/c1-38(2)12-10-31-53(3)37-55-33-29-47-46(48(55)26-27-51(53)55)25-20-42-36-45(28-32-54(42,47)4)63-52(59)57-34-11-15-49(57)50(58)30-35-62-56(39-13-8-7-9-14-39,40-16-21-43(60-5)22-17-40)41-18-23-44(61-6)24-19-41/h7-9,13-14,16-24,38,45-51,58H,10-12,15,25-37H2,1-6H3/t45-,46?,47?,48?,49?,50?,51?,53?,54-,55+/m1/s1. The van der Waals surface area contributed by atoms with Crippen LogP contribution in [-0.4, -0.2) is 61.7 Å². The fourth-order valence-corrected chi connectivity index (χ4v) is 15.1. The highest BCUT2D eigenvalue weighted by molar-refractivity contribution is 5.69. The monoisotopic (exact) mass is 858 g/mol. The van der Waals surface area contributed by atoms with Crippen LogP contribution >= 0.6 is 0 Å². The summed E-state index contributed by atoms with van der Waals surface area (Å²) in [6.45, 7) is 10.8. The summed E-state index contributed by atoms with van der Waals surface area (Å²) in [6, 6.07) is 25.9. The van der Waals surface area contributed by atoms with Crippen molar-refractivity contribution in [3.05, 3.63) is 107 Å². The number of carbonyl (C=O) groups excluding carboxylic acids is 1. The van der Waals surface area contributed by atoms with Gasteiger partial charge in [0.2, 0.25) is 0 Å². The van der Waals surface area contributed by atoms with Crippen LogP contribution in [-0.2, 0) is 15.1 Å². The first-order chi connectivity index (χ1) is 30.4. The Balaban J connectivity index is 0.839. The number of hydrogen-bond acceptors (Lipinski definition) is 6. The van der Waals surface area contributed by atoms with E-state index in [4.69, 9.17) is 18.9 Å². The lowest BCUT2D eigenvalue weighted by Crippen LogP contribution is -2.60. The van der Waals surface area contributed by atoms with Gasteiger partial charge in [0.1, 0.15) is 23.2 Å². The SMILES string of the molecule is COc1ccc(C(OCCC(O)C2CCCN2C(=O)O[C@@H]2CC[C@]3(C)C(=CCC4C5CCC6C(C)(CCCC(C)C)C[C@@]56CCC43)C2)(c2ccccc2)c2ccc(OC)cc2)cc1. The van der Waals surface area contributed by atoms with E-state index in [1.807, 2.05) is 71.6 Å². The third kappa shape index (κ3) is 7.93. The number of amides is 1. The van der Waals surface area contributed by atoms with Gasteiger partial charge in [-0.25, -0.2) is 4.79 Å². The Morgan fingerprint density at radius 2 is 1.51 bits per heavy atom. The molecule has 0 bridgehead atoms. The molecule has 9 rings (SSSR count). The number of fused-ring (bicyclic) bond motifs is 4. The molecule has 1 spiro atoms. The van der Waals surface area contributed by atoms with Crippen LogP contribution in [0.5, 0.6) is 11.5 Å². The van der Waals surface area contributed by atoms with Crippen LogP contribution in [0, 0.1) is 45.8 Å². The Labute approximate surface area is 378 Å². The van der Waals surface area contributed by atoms with Gasteiger partial charge in [-0.3, -0.25) is 0 Å². The van der Waals surface area contributed by atoms with Gasteiger partial charge in [0.05, 0.1) is 33.0 Å². The first kappa shape index (κ1) is 44.4. The molecule has 7 heteroatoms. The molecule has 5 aliphatic carbocycles. The van der Waals surface area contributed by atoms with Crippen molar-refractivity contribution in [1.29, 1.82) is 0 Å². The first-order valence-corrected chi connectivity index (χ1v) is 24.8. The van der Waals surface area contributed by atoms with Crippen molar-refractivity contribution < 1.29 is 28.8 Å². The van der Waals surface area contributed by atoms with E-state index in [0.29, 0.717) is 23.8 Å². The predicted molar refractivity (Wildman–Crippen MR) is 250 cm³/mol. The number of methoxy groups -OCH3 is 2. The molecule has 5 fully saturated rings. The van der Waals surface area contributed by atoms with E-state index in [0.717, 1.165) is 89.9 Å². The normalized spacial score (nSPS) is 32.7. The second kappa shape index (κ2) is 17.9. The maximum Gasteiger partial charge on any atom is 0.410 e. The van der Waals surface area contributed by atoms with E-state index in [1.165, 1.54) is 57.8 Å². The van der Waals surface area contributed by atoms with Crippen LogP contribution in [0.4, 0.5) is 4.79 Å². The number of rotatable bonds is 15. The molecule has 1 amide bonds. The Morgan fingerprint density at radius 1 is 0.825 bits per heavy atom. The molecule has 0 radical (unpaired) electrons. The molecule has 3 aromatic carbocycles. The van der Waals surface area contributed by atoms with Crippen molar-refractivity contribution in [2.75, 3.05) is 27.4 Å². The summed E-state index contributed by atoms with van der Waals surface area (Å²) in [5.74, 6) is 5.75. The molecule has 1 heterocycles. The number of hydrogen-bond donors (Lipinski definition) is 1. The lowest BCUT2D eigenvalue weighted by molar-refractivity contribution is -0.175. The maximum atomic E-state index is 14.1. The number of nitrogens with zero attached hydrogens (tertiary/aromatic N) is 1. The molecule has 1 saturated heterocycles. The summed E-state index contributed by atoms with van der Waals surface area (Å²) in [4.78, 5) is 15.9. The van der Waals surface area contributed by atoms with Gasteiger partial charge >= 0.3 is 6.09 Å². The van der Waals surface area contributed by atoms with Crippen molar-refractivity contribution >= 4 is 6.09 Å². The van der Waals surface area contributed by atoms with Gasteiger partial charge in [0.25, 0.3) is 0 Å². The minimum atomic E-state index is -0.971. The first-order valence-electron chi connectivity index (χ1n) is 24.8. The summed E-state index contributed by atoms with van der Waals surface area (Å²) in [5, 5.41) is 11.8. The van der Waals surface area contributed by atoms with Crippen LogP contribution < -0.4 is 9.47 Å². The summed E-state index contributed by atoms with van der Waals surface area (Å²) in [7, 11) is 3.34. The highest BCUT2D eigenvalue weighted by Gasteiger charge is 2.69. The third-order valence-electron chi connectivity index (χ3n) is 18.0. The van der Waals surface area contributed by atoms with Gasteiger partial charge in [-0.05, 0) is 164 Å². The molecule has 1 N–H and O–H groups in total. The van der Waals surface area contributed by atoms with Gasteiger partial charge in [-0.15, -0.1) is 0 Å². The molecule has 7 unspecified atom stereocenters. The zero-order chi connectivity index (χ0) is 44.0. The lowest BCUT2D eigenvalue weighted by Gasteiger charge is -2.67. The number of benzene rings is 3. The van der Waals surface area contributed by atoms with E-state index in [9.17, 15) is 9.90 Å². The Kier molecular flexibility index (Phi) is 12.6. The van der Waals surface area contributed by atoms with Crippen molar-refractivity contribution in [3.8, 4) is 11.5 Å². The molecule has 340 valence electrons. The molecular weight excluding hydrogens is 783 g/mol. The van der Waals surface area contributed by atoms with Crippen LogP contribution in [0.25, 0.3) is 0 Å². The summed E-state index contributed by atoms with van der Waals surface area (Å²) >= 11 is 0. The third-order valence-corrected chi connectivity index (χ3v) is 18.0. The molecule has 4 saturated carbocycles. The van der Waals surface area contributed by atoms with Gasteiger partial charge in [0.15, 0.2) is 0 Å². The summed E-state index contributed by atoms with van der Waals surface area (Å²) in [5.41, 5.74) is 4.85. The topological polar surface area (TPSA) is 77.5 Å². The Bertz CT molecular complexity index is 2020. The quantitative estimate of drug-likeness (QED) is 0.121. The molecule has 7 nitrogen and oxygen atoms in total. The number of allylic oxidation sites excluding steroid dienone is 1. The van der Waals surface area contributed by atoms with Gasteiger partial charge < -0.3 is 29.0 Å². The highest BCUT2D eigenvalue weighted by Crippen LogP contribution is 2.77. The number of likely N-dealkylation sites (tertiary alicyclic amines) is 1. The highest BCUT2D eigenvalue weighted by atomic mass is 16.6. The average Bonchev–Trinajstić information content (AvgIpc) is 3.92. The fourth-order valence-electron chi connectivity index (χ4n) is 15.1. The molecule has 63 heavy (non-hydrogen) atoms. The van der Waals surface area contributed by atoms with E-state index in [-0.39, 0.29) is 30.3 Å². The van der Waals surface area contributed by atoms with Crippen LogP contribution in [0.2, 0.25) is 0 Å². The van der Waals surface area contributed by atoms with E-state index < -0.39 is 11.7 Å². The van der Waals surface area contributed by atoms with Crippen LogP contribution in [0.3, 0.4) is 0 Å². The number of carbonyl (C=O) groups is 1. The van der Waals surface area contributed by atoms with Crippen molar-refractivity contribution in [2.24, 2.45) is 45.8 Å². The van der Waals surface area contributed by atoms with Crippen LogP contribution in [0.1, 0.15) is 141 Å². The smallest absolute Gasteiger partial charge is 0.410 e. The zero-order valence-corrected chi connectivity index (χ0v) is 39.2. The Hall–Kier alpha value is -3.81. The van der Waals surface area contributed by atoms with Gasteiger partial charge in [-0.2, -0.15) is 0 Å². The molecule has 3 aromatic rings. The number of aliphatic hydroxyl groups excluding tert-OH is 1. The number of ether oxygens (including phenoxy) is 4. The summed E-state index contributed by atoms with van der Waals surface area (Å²) < 4.78 is 24.5. The Morgan fingerprint density at radius 3 is 2.17 bits per heavy atom. The largest absolute Gasteiger partial charge is 0.497 e. The van der Waals surface area contributed by atoms with Crippen molar-refractivity contribution in [1.82, 2.24) is 4.90 Å². The minimum absolute atomic E-state index is 0.112. The van der Waals surface area contributed by atoms with Crippen molar-refractivity contribution in [3.63, 3.8) is 0 Å². The van der Waals surface area contributed by atoms with Gasteiger partial charge in [-0.1, -0.05) is 107 Å². The fraction of sp³-hybridized carbons (Fsp3) is 0.625. The molecule has 10 atom stereocenters. The second-order valence-electron chi connectivity index (χ2n) is 21.6. The van der Waals surface area contributed by atoms with E-state index >= 15 is 0 Å². The lowest BCUT2D eigenvalue weighted by atomic mass is 9.37. The van der Waals surface area contributed by atoms with Crippen molar-refractivity contribution in [2.45, 2.75) is 148 Å². The molecular formula is C56H75NO6. The van der Waals surface area contributed by atoms with Crippen LogP contribution in [0.15, 0.2) is 90.5 Å². The molecule has 6 aliphatic rings. The zero-order valence-electron chi connectivity index (χ0n) is 39.2. The average molecular weight is 858 g/mol. The minimum Gasteiger partial charge on any atom is -0.497 e. The number of aliphatic hydroxyl groups is 1. The summed E-state index contributed by atoms with van der Waals surface area (Å²) in [6.07, 6.45) is 18.9. The van der Waals surface area contributed by atoms with E-state index in [1.54, 1.807) is 19.8 Å². The second-order valence-corrected chi connectivity index (χ2v) is 21.6.